The Kier molecular flexibility index (Phi) is 7.12. The van der Waals surface area contributed by atoms with E-state index in [2.05, 4.69) is 5.32 Å². The highest BCUT2D eigenvalue weighted by molar-refractivity contribution is 7.99. The molecule has 0 radical (unpaired) electrons. The summed E-state index contributed by atoms with van der Waals surface area (Å²) in [7, 11) is 0. The van der Waals surface area contributed by atoms with Crippen LogP contribution in [-0.2, 0) is 4.79 Å². The summed E-state index contributed by atoms with van der Waals surface area (Å²) in [5.41, 5.74) is 2.91. The van der Waals surface area contributed by atoms with Crippen LogP contribution in [0.25, 0.3) is 0 Å². The first-order valence-corrected chi connectivity index (χ1v) is 11.8. The second-order valence-electron chi connectivity index (χ2n) is 7.65. The van der Waals surface area contributed by atoms with Crippen LogP contribution in [0.15, 0.2) is 78.9 Å². The minimum absolute atomic E-state index is 0.0425. The molecule has 1 fully saturated rings. The van der Waals surface area contributed by atoms with Crippen LogP contribution in [0.1, 0.15) is 27.6 Å². The lowest BCUT2D eigenvalue weighted by Gasteiger charge is -2.26. The van der Waals surface area contributed by atoms with E-state index < -0.39 is 6.10 Å². The highest BCUT2D eigenvalue weighted by Gasteiger charge is 2.24. The monoisotopic (exact) mass is 446 g/mol. The Bertz CT molecular complexity index is 1070. The molecule has 0 spiro atoms. The Morgan fingerprint density at radius 1 is 0.938 bits per heavy atom. The molecule has 0 saturated carbocycles. The summed E-state index contributed by atoms with van der Waals surface area (Å²) in [5, 5.41) is 2.98. The molecule has 3 aromatic rings. The van der Waals surface area contributed by atoms with Crippen molar-refractivity contribution in [2.45, 2.75) is 13.0 Å². The van der Waals surface area contributed by atoms with Crippen molar-refractivity contribution in [1.82, 2.24) is 4.90 Å². The van der Waals surface area contributed by atoms with E-state index in [0.717, 1.165) is 35.7 Å². The number of carbonyl (C=O) groups excluding carboxylic acids is 2. The van der Waals surface area contributed by atoms with Gasteiger partial charge in [0, 0.05) is 41.4 Å². The molecule has 1 unspecified atom stereocenters. The van der Waals surface area contributed by atoms with E-state index in [-0.39, 0.29) is 11.8 Å². The summed E-state index contributed by atoms with van der Waals surface area (Å²) in [4.78, 5) is 27.9. The van der Waals surface area contributed by atoms with Gasteiger partial charge in [0.2, 0.25) is 6.10 Å². The standard InChI is InChI=1S/C26H26N2O3S/c1-19-18-21(26(30)28-14-16-32-17-15-28)12-13-23(19)27-25(29)24(20-8-4-2-5-9-20)31-22-10-6-3-7-11-22/h2-13,18,24H,14-17H2,1H3,(H,27,29). The first kappa shape index (κ1) is 22.0. The van der Waals surface area contributed by atoms with Crippen LogP contribution in [0, 0.1) is 6.92 Å². The van der Waals surface area contributed by atoms with Crippen molar-refractivity contribution >= 4 is 29.3 Å². The fraction of sp³-hybridized carbons (Fsp3) is 0.231. The van der Waals surface area contributed by atoms with Crippen LogP contribution in [-0.4, -0.2) is 41.3 Å². The van der Waals surface area contributed by atoms with Gasteiger partial charge in [-0.15, -0.1) is 0 Å². The SMILES string of the molecule is Cc1cc(C(=O)N2CCSCC2)ccc1NC(=O)C(Oc1ccccc1)c1ccccc1. The Balaban J connectivity index is 1.52. The number of rotatable bonds is 6. The third kappa shape index (κ3) is 5.32. The van der Waals surface area contributed by atoms with Gasteiger partial charge in [-0.25, -0.2) is 0 Å². The van der Waals surface area contributed by atoms with Crippen LogP contribution in [0.3, 0.4) is 0 Å². The molecule has 3 aromatic carbocycles. The van der Waals surface area contributed by atoms with Crippen molar-refractivity contribution in [2.24, 2.45) is 0 Å². The summed E-state index contributed by atoms with van der Waals surface area (Å²) in [6.07, 6.45) is -0.801. The van der Waals surface area contributed by atoms with Gasteiger partial charge in [-0.05, 0) is 42.8 Å². The molecule has 1 heterocycles. The molecule has 4 rings (SSSR count). The number of aryl methyl sites for hydroxylation is 1. The maximum atomic E-state index is 13.2. The molecule has 0 aromatic heterocycles. The van der Waals surface area contributed by atoms with Crippen LogP contribution >= 0.6 is 11.8 Å². The number of hydrogen-bond donors (Lipinski definition) is 1. The minimum Gasteiger partial charge on any atom is -0.476 e. The molecule has 32 heavy (non-hydrogen) atoms. The second kappa shape index (κ2) is 10.4. The number of hydrogen-bond acceptors (Lipinski definition) is 4. The van der Waals surface area contributed by atoms with Crippen LogP contribution in [0.5, 0.6) is 5.75 Å². The number of para-hydroxylation sites is 1. The zero-order valence-corrected chi connectivity index (χ0v) is 18.8. The minimum atomic E-state index is -0.801. The van der Waals surface area contributed by atoms with E-state index >= 15 is 0 Å². The van der Waals surface area contributed by atoms with Crippen molar-refractivity contribution in [2.75, 3.05) is 29.9 Å². The average molecular weight is 447 g/mol. The number of ether oxygens (including phenoxy) is 1. The van der Waals surface area contributed by atoms with Gasteiger partial charge >= 0.3 is 0 Å². The van der Waals surface area contributed by atoms with Crippen LogP contribution < -0.4 is 10.1 Å². The van der Waals surface area contributed by atoms with E-state index in [4.69, 9.17) is 4.74 Å². The molecule has 6 heteroatoms. The number of benzene rings is 3. The fourth-order valence-electron chi connectivity index (χ4n) is 3.62. The highest BCUT2D eigenvalue weighted by atomic mass is 32.2. The zero-order chi connectivity index (χ0) is 22.3. The first-order chi connectivity index (χ1) is 15.6. The topological polar surface area (TPSA) is 58.6 Å². The van der Waals surface area contributed by atoms with Gasteiger partial charge in [-0.1, -0.05) is 48.5 Å². The number of amides is 2. The third-order valence-corrected chi connectivity index (χ3v) is 6.31. The van der Waals surface area contributed by atoms with Gasteiger partial charge in [0.1, 0.15) is 5.75 Å². The summed E-state index contributed by atoms with van der Waals surface area (Å²) in [6.45, 7) is 3.45. The Labute approximate surface area is 192 Å². The molecule has 1 atom stereocenters. The molecule has 2 amide bonds. The summed E-state index contributed by atoms with van der Waals surface area (Å²) in [5.74, 6) is 2.34. The van der Waals surface area contributed by atoms with E-state index in [1.165, 1.54) is 0 Å². The van der Waals surface area contributed by atoms with Crippen molar-refractivity contribution in [3.8, 4) is 5.75 Å². The van der Waals surface area contributed by atoms with Crippen molar-refractivity contribution in [3.05, 3.63) is 95.6 Å². The molecule has 1 N–H and O–H groups in total. The fourth-order valence-corrected chi connectivity index (χ4v) is 4.52. The number of anilines is 1. The molecule has 1 saturated heterocycles. The van der Waals surface area contributed by atoms with Crippen molar-refractivity contribution < 1.29 is 14.3 Å². The number of thioether (sulfide) groups is 1. The molecular formula is C26H26N2O3S. The van der Waals surface area contributed by atoms with E-state index in [9.17, 15) is 9.59 Å². The maximum Gasteiger partial charge on any atom is 0.270 e. The predicted molar refractivity (Wildman–Crippen MR) is 129 cm³/mol. The Hall–Kier alpha value is -3.25. The molecular weight excluding hydrogens is 420 g/mol. The molecule has 5 nitrogen and oxygen atoms in total. The molecule has 1 aliphatic rings. The van der Waals surface area contributed by atoms with Gasteiger partial charge < -0.3 is 15.0 Å². The largest absolute Gasteiger partial charge is 0.476 e. The number of carbonyl (C=O) groups is 2. The Morgan fingerprint density at radius 2 is 1.59 bits per heavy atom. The zero-order valence-electron chi connectivity index (χ0n) is 18.0. The summed E-state index contributed by atoms with van der Waals surface area (Å²) < 4.78 is 6.04. The third-order valence-electron chi connectivity index (χ3n) is 5.37. The van der Waals surface area contributed by atoms with Gasteiger partial charge in [0.05, 0.1) is 0 Å². The Morgan fingerprint density at radius 3 is 2.25 bits per heavy atom. The quantitative estimate of drug-likeness (QED) is 0.583. The van der Waals surface area contributed by atoms with Gasteiger partial charge in [-0.3, -0.25) is 9.59 Å². The summed E-state index contributed by atoms with van der Waals surface area (Å²) in [6, 6.07) is 24.1. The maximum absolute atomic E-state index is 13.2. The van der Waals surface area contributed by atoms with E-state index in [1.54, 1.807) is 12.1 Å². The van der Waals surface area contributed by atoms with Crippen LogP contribution in [0.4, 0.5) is 5.69 Å². The van der Waals surface area contributed by atoms with Gasteiger partial charge in [-0.2, -0.15) is 11.8 Å². The van der Waals surface area contributed by atoms with Crippen molar-refractivity contribution in [1.29, 1.82) is 0 Å². The highest BCUT2D eigenvalue weighted by Crippen LogP contribution is 2.25. The van der Waals surface area contributed by atoms with Crippen LogP contribution in [0.2, 0.25) is 0 Å². The normalized spacial score (nSPS) is 14.5. The average Bonchev–Trinajstić information content (AvgIpc) is 2.85. The first-order valence-electron chi connectivity index (χ1n) is 10.7. The van der Waals surface area contributed by atoms with E-state index in [0.29, 0.717) is 17.0 Å². The lowest BCUT2D eigenvalue weighted by Crippen LogP contribution is -2.37. The lowest BCUT2D eigenvalue weighted by atomic mass is 10.1. The molecule has 1 aliphatic heterocycles. The number of nitrogens with one attached hydrogen (secondary N) is 1. The number of nitrogens with zero attached hydrogens (tertiary/aromatic N) is 1. The molecule has 164 valence electrons. The molecule has 0 bridgehead atoms. The predicted octanol–water partition coefficient (Wildman–Crippen LogP) is 4.94. The summed E-state index contributed by atoms with van der Waals surface area (Å²) >= 11 is 1.87. The smallest absolute Gasteiger partial charge is 0.270 e. The van der Waals surface area contributed by atoms with Gasteiger partial charge in [0.25, 0.3) is 11.8 Å². The van der Waals surface area contributed by atoms with Gasteiger partial charge in [0.15, 0.2) is 0 Å². The molecule has 0 aliphatic carbocycles. The van der Waals surface area contributed by atoms with Crippen molar-refractivity contribution in [3.63, 3.8) is 0 Å². The second-order valence-corrected chi connectivity index (χ2v) is 8.87. The lowest BCUT2D eigenvalue weighted by molar-refractivity contribution is -0.123. The van der Waals surface area contributed by atoms with E-state index in [1.807, 2.05) is 90.3 Å².